The van der Waals surface area contributed by atoms with Crippen LogP contribution in [-0.4, -0.2) is 29.2 Å². The maximum absolute atomic E-state index is 12.6. The molecule has 4 rings (SSSR count). The first-order chi connectivity index (χ1) is 15.1. The Bertz CT molecular complexity index is 1180. The quantitative estimate of drug-likeness (QED) is 0.448. The number of carbonyl (C=O) groups excluding carboxylic acids is 2. The maximum atomic E-state index is 12.6. The molecule has 1 amide bonds. The molecule has 31 heavy (non-hydrogen) atoms. The van der Waals surface area contributed by atoms with Gasteiger partial charge in [-0.3, -0.25) is 4.79 Å². The van der Waals surface area contributed by atoms with Crippen molar-refractivity contribution in [2.24, 2.45) is 0 Å². The Balaban J connectivity index is 1.41. The molecule has 0 aliphatic rings. The number of rotatable bonds is 7. The fourth-order valence-corrected chi connectivity index (χ4v) is 2.73. The highest BCUT2D eigenvalue weighted by Gasteiger charge is 2.18. The summed E-state index contributed by atoms with van der Waals surface area (Å²) < 4.78 is 21.0. The van der Waals surface area contributed by atoms with Gasteiger partial charge in [0, 0.05) is 5.56 Å². The summed E-state index contributed by atoms with van der Waals surface area (Å²) in [5.74, 6) is 0.122. The van der Waals surface area contributed by atoms with E-state index in [1.807, 2.05) is 0 Å². The van der Waals surface area contributed by atoms with Crippen LogP contribution in [0.25, 0.3) is 11.5 Å². The van der Waals surface area contributed by atoms with E-state index in [-0.39, 0.29) is 23.8 Å². The van der Waals surface area contributed by atoms with Crippen molar-refractivity contribution in [3.63, 3.8) is 0 Å². The molecule has 0 aliphatic carbocycles. The standard InChI is InChI=1S/C22H17N3O6/c1-28-15-10-8-14(9-11-15)21-25-24-19(31-21)13-30-22(27)16-5-2-3-6-17(16)23-20(26)18-7-4-12-29-18/h2-12H,13H2,1H3,(H,23,26). The minimum atomic E-state index is -0.653. The van der Waals surface area contributed by atoms with Crippen LogP contribution in [0.2, 0.25) is 0 Å². The molecule has 9 nitrogen and oxygen atoms in total. The number of esters is 1. The average molecular weight is 419 g/mol. The van der Waals surface area contributed by atoms with Crippen molar-refractivity contribution in [2.45, 2.75) is 6.61 Å². The zero-order valence-electron chi connectivity index (χ0n) is 16.4. The summed E-state index contributed by atoms with van der Waals surface area (Å²) in [7, 11) is 1.58. The highest BCUT2D eigenvalue weighted by atomic mass is 16.5. The largest absolute Gasteiger partial charge is 0.497 e. The lowest BCUT2D eigenvalue weighted by Gasteiger charge is -2.09. The molecule has 4 aromatic rings. The van der Waals surface area contributed by atoms with Gasteiger partial charge in [0.2, 0.25) is 5.89 Å². The van der Waals surface area contributed by atoms with E-state index in [2.05, 4.69) is 15.5 Å². The Kier molecular flexibility index (Phi) is 5.75. The molecule has 0 radical (unpaired) electrons. The minimum absolute atomic E-state index is 0.125. The van der Waals surface area contributed by atoms with E-state index in [0.717, 1.165) is 0 Å². The number of hydrogen-bond acceptors (Lipinski definition) is 8. The summed E-state index contributed by atoms with van der Waals surface area (Å²) in [4.78, 5) is 24.8. The molecule has 2 aromatic carbocycles. The van der Waals surface area contributed by atoms with Gasteiger partial charge in [-0.15, -0.1) is 10.2 Å². The highest BCUT2D eigenvalue weighted by Crippen LogP contribution is 2.22. The molecule has 2 aromatic heterocycles. The van der Waals surface area contributed by atoms with Crippen LogP contribution < -0.4 is 10.1 Å². The lowest BCUT2D eigenvalue weighted by molar-refractivity contribution is 0.0440. The number of furan rings is 1. The van der Waals surface area contributed by atoms with Crippen LogP contribution >= 0.6 is 0 Å². The van der Waals surface area contributed by atoms with Crippen LogP contribution in [0, 0.1) is 0 Å². The summed E-state index contributed by atoms with van der Waals surface area (Å²) in [5, 5.41) is 10.5. The number of methoxy groups -OCH3 is 1. The fourth-order valence-electron chi connectivity index (χ4n) is 2.73. The van der Waals surface area contributed by atoms with E-state index in [1.165, 1.54) is 18.4 Å². The minimum Gasteiger partial charge on any atom is -0.497 e. The third-order valence-electron chi connectivity index (χ3n) is 4.27. The number of benzene rings is 2. The summed E-state index contributed by atoms with van der Waals surface area (Å²) in [5.41, 5.74) is 1.17. The molecule has 0 saturated heterocycles. The Morgan fingerprint density at radius 1 is 1.00 bits per heavy atom. The predicted octanol–water partition coefficient (Wildman–Crippen LogP) is 3.95. The smallest absolute Gasteiger partial charge is 0.340 e. The van der Waals surface area contributed by atoms with Crippen molar-refractivity contribution in [2.75, 3.05) is 12.4 Å². The number of amides is 1. The number of anilines is 1. The molecule has 9 heteroatoms. The predicted molar refractivity (Wildman–Crippen MR) is 109 cm³/mol. The van der Waals surface area contributed by atoms with Gasteiger partial charge in [-0.2, -0.15) is 0 Å². The Morgan fingerprint density at radius 3 is 2.55 bits per heavy atom. The van der Waals surface area contributed by atoms with Gasteiger partial charge < -0.3 is 23.6 Å². The maximum Gasteiger partial charge on any atom is 0.340 e. The monoisotopic (exact) mass is 419 g/mol. The Morgan fingerprint density at radius 2 is 1.81 bits per heavy atom. The van der Waals surface area contributed by atoms with Gasteiger partial charge >= 0.3 is 5.97 Å². The molecule has 2 heterocycles. The van der Waals surface area contributed by atoms with Gasteiger partial charge in [0.15, 0.2) is 12.4 Å². The second-order valence-electron chi connectivity index (χ2n) is 6.28. The molecule has 0 spiro atoms. The first-order valence-corrected chi connectivity index (χ1v) is 9.22. The highest BCUT2D eigenvalue weighted by molar-refractivity contribution is 6.06. The third-order valence-corrected chi connectivity index (χ3v) is 4.27. The molecule has 1 N–H and O–H groups in total. The van der Waals surface area contributed by atoms with Crippen molar-refractivity contribution in [3.05, 3.63) is 84.1 Å². The molecule has 0 aliphatic heterocycles. The van der Waals surface area contributed by atoms with Crippen LogP contribution in [-0.2, 0) is 11.3 Å². The number of hydrogen-bond donors (Lipinski definition) is 1. The van der Waals surface area contributed by atoms with Crippen LogP contribution in [0.4, 0.5) is 5.69 Å². The van der Waals surface area contributed by atoms with Crippen molar-refractivity contribution < 1.29 is 27.9 Å². The van der Waals surface area contributed by atoms with E-state index in [1.54, 1.807) is 55.6 Å². The van der Waals surface area contributed by atoms with Gasteiger partial charge in [-0.1, -0.05) is 12.1 Å². The van der Waals surface area contributed by atoms with Crippen molar-refractivity contribution in [1.82, 2.24) is 10.2 Å². The van der Waals surface area contributed by atoms with Gasteiger partial charge in [-0.25, -0.2) is 4.79 Å². The van der Waals surface area contributed by atoms with Crippen molar-refractivity contribution in [1.29, 1.82) is 0 Å². The first kappa shape index (κ1) is 19.9. The zero-order valence-corrected chi connectivity index (χ0v) is 16.4. The van der Waals surface area contributed by atoms with Crippen molar-refractivity contribution in [3.8, 4) is 17.2 Å². The van der Waals surface area contributed by atoms with Gasteiger partial charge in [0.05, 0.1) is 24.6 Å². The van der Waals surface area contributed by atoms with Crippen LogP contribution in [0.5, 0.6) is 5.75 Å². The van der Waals surface area contributed by atoms with Crippen molar-refractivity contribution >= 4 is 17.6 Å². The topological polar surface area (TPSA) is 117 Å². The Hall–Kier alpha value is -4.40. The third kappa shape index (κ3) is 4.61. The molecule has 0 saturated carbocycles. The molecule has 0 bridgehead atoms. The summed E-state index contributed by atoms with van der Waals surface area (Å²) in [6, 6.07) is 16.7. The van der Waals surface area contributed by atoms with E-state index < -0.39 is 11.9 Å². The Labute approximate surface area is 176 Å². The van der Waals surface area contributed by atoms with Gasteiger partial charge in [0.25, 0.3) is 11.8 Å². The number of carbonyl (C=O) groups is 2. The molecule has 0 fully saturated rings. The number of ether oxygens (including phenoxy) is 2. The second kappa shape index (κ2) is 8.95. The van der Waals surface area contributed by atoms with Crippen LogP contribution in [0.15, 0.2) is 75.8 Å². The average Bonchev–Trinajstić information content (AvgIpc) is 3.50. The molecular weight excluding hydrogens is 402 g/mol. The number of aromatic nitrogens is 2. The molecule has 0 atom stereocenters. The summed E-state index contributed by atoms with van der Waals surface area (Å²) in [6.07, 6.45) is 1.39. The fraction of sp³-hybridized carbons (Fsp3) is 0.0909. The van der Waals surface area contributed by atoms with E-state index in [0.29, 0.717) is 22.9 Å². The number of nitrogens with one attached hydrogen (secondary N) is 1. The molecular formula is C22H17N3O6. The summed E-state index contributed by atoms with van der Waals surface area (Å²) in [6.45, 7) is -0.220. The van der Waals surface area contributed by atoms with Gasteiger partial charge in [-0.05, 0) is 48.5 Å². The van der Waals surface area contributed by atoms with Crippen LogP contribution in [0.1, 0.15) is 26.8 Å². The molecule has 156 valence electrons. The van der Waals surface area contributed by atoms with E-state index >= 15 is 0 Å². The lowest BCUT2D eigenvalue weighted by atomic mass is 10.1. The van der Waals surface area contributed by atoms with E-state index in [9.17, 15) is 9.59 Å². The normalized spacial score (nSPS) is 10.5. The molecule has 0 unspecified atom stereocenters. The lowest BCUT2D eigenvalue weighted by Crippen LogP contribution is -2.15. The number of nitrogens with zero attached hydrogens (tertiary/aromatic N) is 2. The summed E-state index contributed by atoms with van der Waals surface area (Å²) >= 11 is 0. The van der Waals surface area contributed by atoms with Gasteiger partial charge in [0.1, 0.15) is 5.75 Å². The SMILES string of the molecule is COc1ccc(-c2nnc(COC(=O)c3ccccc3NC(=O)c3ccco3)o2)cc1. The van der Waals surface area contributed by atoms with E-state index in [4.69, 9.17) is 18.3 Å². The van der Waals surface area contributed by atoms with Crippen LogP contribution in [0.3, 0.4) is 0 Å². The zero-order chi connectivity index (χ0) is 21.6. The second-order valence-corrected chi connectivity index (χ2v) is 6.28. The first-order valence-electron chi connectivity index (χ1n) is 9.22. The number of para-hydroxylation sites is 1.